The van der Waals surface area contributed by atoms with Crippen LogP contribution in [0.5, 0.6) is 0 Å². The molecular weight excluding hydrogens is 821 g/mol. The van der Waals surface area contributed by atoms with Crippen molar-refractivity contribution >= 4 is 99.9 Å². The van der Waals surface area contributed by atoms with Gasteiger partial charge in [-0.1, -0.05) is 123 Å². The highest BCUT2D eigenvalue weighted by molar-refractivity contribution is 6.10. The quantitative estimate of drug-likeness (QED) is 0.144. The van der Waals surface area contributed by atoms with E-state index in [1.54, 1.807) is 33.6 Å². The molecule has 0 atom stereocenters. The molecule has 0 amide bonds. The molecule has 0 aromatic heterocycles. The van der Waals surface area contributed by atoms with Gasteiger partial charge in [-0.05, 0) is 162 Å². The minimum atomic E-state index is 0. The summed E-state index contributed by atoms with van der Waals surface area (Å²) in [5, 5.41) is 7.15. The van der Waals surface area contributed by atoms with Gasteiger partial charge in [0, 0.05) is 39.0 Å². The van der Waals surface area contributed by atoms with Crippen LogP contribution in [0.1, 0.15) is 36.6 Å². The van der Waals surface area contributed by atoms with Gasteiger partial charge in [-0.25, -0.2) is 0 Å². The van der Waals surface area contributed by atoms with E-state index in [1.807, 2.05) is 86.8 Å². The third-order valence-electron chi connectivity index (χ3n) is 10.6. The van der Waals surface area contributed by atoms with Crippen molar-refractivity contribution in [2.24, 2.45) is 34.9 Å². The standard InChI is InChI=1S/2C26H21N3.2C3H7N.CH4/c2*1-27-20-12-8-18(9-13-20)26(19-10-14-21(28-2)15-11-19)24-16-17-25(29-3)23-7-5-4-6-22(23)24;2*1-3-4-2;/h2*4-17H,1,3H2,2H3;3H,1-2H3;3-4H,1H2,2H3;1H4. The molecular formula is C59H60N8. The largest absolute Gasteiger partial charge is 0.394 e. The van der Waals surface area contributed by atoms with E-state index < -0.39 is 0 Å². The van der Waals surface area contributed by atoms with Crippen LogP contribution < -0.4 is 5.32 Å². The van der Waals surface area contributed by atoms with Crippen molar-refractivity contribution in [2.75, 3.05) is 28.2 Å². The molecule has 0 unspecified atom stereocenters. The normalized spacial score (nSPS) is 12.0. The molecule has 1 N–H and O–H groups in total. The van der Waals surface area contributed by atoms with Crippen molar-refractivity contribution in [3.05, 3.63) is 216 Å². The Kier molecular flexibility index (Phi) is 20.1. The zero-order valence-corrected chi connectivity index (χ0v) is 38.5. The van der Waals surface area contributed by atoms with E-state index in [0.717, 1.165) is 100 Å². The van der Waals surface area contributed by atoms with E-state index in [0.29, 0.717) is 0 Å². The Morgan fingerprint density at radius 3 is 1.06 bits per heavy atom. The molecule has 8 rings (SSSR count). The fraction of sp³-hybridized carbons (Fsp3) is 0.102. The summed E-state index contributed by atoms with van der Waals surface area (Å²) in [5.41, 5.74) is 14.4. The van der Waals surface area contributed by atoms with Gasteiger partial charge in [0.25, 0.3) is 0 Å². The maximum atomic E-state index is 4.26. The summed E-state index contributed by atoms with van der Waals surface area (Å²) in [6.07, 6.45) is 20.0. The number of hydrogen-bond donors (Lipinski definition) is 1. The highest BCUT2D eigenvalue weighted by Crippen LogP contribution is 2.39. The Balaban J connectivity index is 0.000000249. The van der Waals surface area contributed by atoms with Crippen LogP contribution >= 0.6 is 0 Å². The minimum Gasteiger partial charge on any atom is -0.394 e. The van der Waals surface area contributed by atoms with Gasteiger partial charge in [-0.2, -0.15) is 0 Å². The number of hydrogen-bond acceptors (Lipinski definition) is 8. The summed E-state index contributed by atoms with van der Waals surface area (Å²) >= 11 is 0. The molecule has 6 aromatic rings. The number of benzene rings is 6. The molecule has 0 radical (unpaired) electrons. The van der Waals surface area contributed by atoms with E-state index in [-0.39, 0.29) is 7.43 Å². The summed E-state index contributed by atoms with van der Waals surface area (Å²) < 4.78 is 0. The second kappa shape index (κ2) is 26.3. The Labute approximate surface area is 397 Å². The van der Waals surface area contributed by atoms with Gasteiger partial charge in [0.15, 0.2) is 0 Å². The zero-order valence-electron chi connectivity index (χ0n) is 38.5. The van der Waals surface area contributed by atoms with Crippen molar-refractivity contribution in [1.29, 1.82) is 0 Å². The van der Waals surface area contributed by atoms with Crippen molar-refractivity contribution in [1.82, 2.24) is 5.32 Å². The summed E-state index contributed by atoms with van der Waals surface area (Å²) in [4.78, 5) is 28.6. The highest BCUT2D eigenvalue weighted by atomic mass is 14.8. The van der Waals surface area contributed by atoms with E-state index in [1.165, 1.54) is 0 Å². The number of rotatable bonds is 9. The Bertz CT molecular complexity index is 2770. The average Bonchev–Trinajstić information content (AvgIpc) is 3.40. The average molecular weight is 881 g/mol. The van der Waals surface area contributed by atoms with Gasteiger partial charge in [-0.15, -0.1) is 0 Å². The predicted octanol–water partition coefficient (Wildman–Crippen LogP) is 14.7. The van der Waals surface area contributed by atoms with Gasteiger partial charge >= 0.3 is 0 Å². The predicted molar refractivity (Wildman–Crippen MR) is 299 cm³/mol. The van der Waals surface area contributed by atoms with Gasteiger partial charge in [0.05, 0.1) is 34.2 Å². The summed E-state index contributed by atoms with van der Waals surface area (Å²) in [7, 11) is 7.16. The van der Waals surface area contributed by atoms with Gasteiger partial charge in [0.1, 0.15) is 0 Å². The second-order valence-corrected chi connectivity index (χ2v) is 14.4. The monoisotopic (exact) mass is 880 g/mol. The molecule has 2 aliphatic rings. The van der Waals surface area contributed by atoms with E-state index >= 15 is 0 Å². The number of aliphatic imine (C=N–C) groups is 7. The SMILES string of the molecule is C.C=CNC.C=Nc1ccc(C(=C2C=CC(=NC)C=C2)c2ccc(N=C)c3ccccc23)cc1.C=Nc1ccc(C(=C2C=CC(=NC)C=C2)c2ccc(N=C)c3ccccc23)cc1.CC=NC. The maximum Gasteiger partial charge on any atom is 0.0701 e. The lowest BCUT2D eigenvalue weighted by Gasteiger charge is -2.17. The lowest BCUT2D eigenvalue weighted by molar-refractivity contribution is 1.11. The molecule has 0 saturated heterocycles. The first kappa shape index (κ1) is 51.1. The molecule has 0 aliphatic heterocycles. The topological polar surface area (TPSA) is 98.5 Å². The first-order valence-electron chi connectivity index (χ1n) is 21.2. The van der Waals surface area contributed by atoms with E-state index in [2.05, 4.69) is 171 Å². The first-order valence-corrected chi connectivity index (χ1v) is 21.2. The lowest BCUT2D eigenvalue weighted by Crippen LogP contribution is -1.98. The third-order valence-corrected chi connectivity index (χ3v) is 10.6. The van der Waals surface area contributed by atoms with E-state index in [4.69, 9.17) is 0 Å². The highest BCUT2D eigenvalue weighted by Gasteiger charge is 2.17. The van der Waals surface area contributed by atoms with Crippen molar-refractivity contribution in [3.8, 4) is 0 Å². The van der Waals surface area contributed by atoms with Crippen molar-refractivity contribution < 1.29 is 0 Å². The smallest absolute Gasteiger partial charge is 0.0701 e. The van der Waals surface area contributed by atoms with Gasteiger partial charge in [0.2, 0.25) is 0 Å². The third kappa shape index (κ3) is 12.8. The van der Waals surface area contributed by atoms with Gasteiger partial charge < -0.3 is 10.3 Å². The van der Waals surface area contributed by atoms with Crippen LogP contribution in [0.15, 0.2) is 229 Å². The molecule has 8 heteroatoms. The fourth-order valence-electron chi connectivity index (χ4n) is 7.25. The van der Waals surface area contributed by atoms with Crippen LogP contribution in [0.25, 0.3) is 32.7 Å². The Morgan fingerprint density at radius 2 is 0.791 bits per heavy atom. The fourth-order valence-corrected chi connectivity index (χ4v) is 7.25. The summed E-state index contributed by atoms with van der Waals surface area (Å²) in [5.74, 6) is 0. The molecule has 0 fully saturated rings. The number of nitrogens with zero attached hydrogens (tertiary/aromatic N) is 7. The van der Waals surface area contributed by atoms with E-state index in [9.17, 15) is 0 Å². The molecule has 336 valence electrons. The molecule has 8 nitrogen and oxygen atoms in total. The number of allylic oxidation sites excluding steroid dienone is 10. The van der Waals surface area contributed by atoms with Crippen LogP contribution in [-0.4, -0.2) is 72.7 Å². The van der Waals surface area contributed by atoms with Crippen LogP contribution in [-0.2, 0) is 0 Å². The lowest BCUT2D eigenvalue weighted by atomic mass is 9.87. The van der Waals surface area contributed by atoms with Crippen molar-refractivity contribution in [2.45, 2.75) is 14.4 Å². The van der Waals surface area contributed by atoms with Crippen LogP contribution in [0.4, 0.5) is 22.7 Å². The maximum absolute atomic E-state index is 4.26. The Morgan fingerprint density at radius 1 is 0.463 bits per heavy atom. The summed E-state index contributed by atoms with van der Waals surface area (Å²) in [6.45, 7) is 19.9. The zero-order chi connectivity index (χ0) is 47.3. The molecule has 0 spiro atoms. The molecule has 0 heterocycles. The molecule has 6 aromatic carbocycles. The van der Waals surface area contributed by atoms with Crippen LogP contribution in [0.3, 0.4) is 0 Å². The number of nitrogens with one attached hydrogen (secondary N) is 1. The summed E-state index contributed by atoms with van der Waals surface area (Å²) in [6, 6.07) is 41.2. The molecule has 2 aliphatic carbocycles. The second-order valence-electron chi connectivity index (χ2n) is 14.4. The molecule has 0 bridgehead atoms. The van der Waals surface area contributed by atoms with Crippen molar-refractivity contribution in [3.63, 3.8) is 0 Å². The number of fused-ring (bicyclic) bond motifs is 2. The first-order chi connectivity index (χ1) is 32.3. The van der Waals surface area contributed by atoms with Gasteiger partial charge in [-0.3, -0.25) is 30.0 Å². The van der Waals surface area contributed by atoms with Crippen LogP contribution in [0.2, 0.25) is 0 Å². The minimum absolute atomic E-state index is 0. The molecule has 0 saturated carbocycles. The van der Waals surface area contributed by atoms with Crippen LogP contribution in [0, 0.1) is 0 Å². The molecule has 67 heavy (non-hydrogen) atoms. The Hall–Kier alpha value is -8.49.